The Kier molecular flexibility index (Phi) is 6.56. The zero-order valence-electron chi connectivity index (χ0n) is 14.8. The first-order valence-corrected chi connectivity index (χ1v) is 8.43. The molecule has 1 heterocycles. The predicted molar refractivity (Wildman–Crippen MR) is 96.3 cm³/mol. The zero-order valence-corrected chi connectivity index (χ0v) is 14.8. The van der Waals surface area contributed by atoms with E-state index in [0.717, 1.165) is 17.7 Å². The van der Waals surface area contributed by atoms with E-state index >= 15 is 0 Å². The van der Waals surface area contributed by atoms with E-state index in [1.807, 2.05) is 50.4 Å². The van der Waals surface area contributed by atoms with Gasteiger partial charge in [-0.1, -0.05) is 19.1 Å². The molecule has 25 heavy (non-hydrogen) atoms. The second-order valence-electron chi connectivity index (χ2n) is 5.99. The molecule has 2 aromatic rings. The maximum Gasteiger partial charge on any atom is 0.315 e. The van der Waals surface area contributed by atoms with Crippen molar-refractivity contribution in [2.45, 2.75) is 45.8 Å². The van der Waals surface area contributed by atoms with Crippen LogP contribution >= 0.6 is 0 Å². The van der Waals surface area contributed by atoms with E-state index in [1.165, 1.54) is 0 Å². The molecule has 0 saturated heterocycles. The van der Waals surface area contributed by atoms with E-state index < -0.39 is 6.04 Å². The number of amides is 3. The molecule has 2 rings (SSSR count). The Morgan fingerprint density at radius 2 is 2.00 bits per heavy atom. The van der Waals surface area contributed by atoms with Gasteiger partial charge in [-0.2, -0.15) is 5.10 Å². The summed E-state index contributed by atoms with van der Waals surface area (Å²) in [6, 6.07) is 8.69. The van der Waals surface area contributed by atoms with Crippen molar-refractivity contribution in [3.63, 3.8) is 0 Å². The summed E-state index contributed by atoms with van der Waals surface area (Å²) >= 11 is 0. The van der Waals surface area contributed by atoms with Crippen LogP contribution in [0.4, 0.5) is 4.79 Å². The number of nitrogens with one attached hydrogen (secondary N) is 3. The monoisotopic (exact) mass is 343 g/mol. The van der Waals surface area contributed by atoms with Crippen molar-refractivity contribution >= 4 is 11.9 Å². The fourth-order valence-electron chi connectivity index (χ4n) is 2.20. The van der Waals surface area contributed by atoms with E-state index in [2.05, 4.69) is 21.0 Å². The molecule has 0 radical (unpaired) electrons. The molecule has 2 atom stereocenters. The van der Waals surface area contributed by atoms with Gasteiger partial charge < -0.3 is 16.0 Å². The summed E-state index contributed by atoms with van der Waals surface area (Å²) in [5.74, 6) is -0.190. The highest BCUT2D eigenvalue weighted by Crippen LogP contribution is 2.09. The van der Waals surface area contributed by atoms with Crippen molar-refractivity contribution in [3.05, 3.63) is 48.3 Å². The first kappa shape index (κ1) is 18.5. The lowest BCUT2D eigenvalue weighted by Crippen LogP contribution is -2.49. The summed E-state index contributed by atoms with van der Waals surface area (Å²) in [6.45, 7) is 5.95. The van der Waals surface area contributed by atoms with Crippen molar-refractivity contribution in [2.24, 2.45) is 0 Å². The van der Waals surface area contributed by atoms with Crippen molar-refractivity contribution in [3.8, 4) is 5.69 Å². The van der Waals surface area contributed by atoms with E-state index in [0.29, 0.717) is 6.54 Å². The van der Waals surface area contributed by atoms with Gasteiger partial charge in [0.25, 0.3) is 0 Å². The summed E-state index contributed by atoms with van der Waals surface area (Å²) in [6.07, 6.45) is 4.41. The van der Waals surface area contributed by atoms with Gasteiger partial charge in [-0.3, -0.25) is 4.79 Å². The number of nitrogens with zero attached hydrogens (tertiary/aromatic N) is 2. The topological polar surface area (TPSA) is 88.0 Å². The largest absolute Gasteiger partial charge is 0.352 e. The summed E-state index contributed by atoms with van der Waals surface area (Å²) in [5.41, 5.74) is 1.87. The lowest BCUT2D eigenvalue weighted by Gasteiger charge is -2.17. The van der Waals surface area contributed by atoms with Crippen LogP contribution in [0.1, 0.15) is 32.8 Å². The van der Waals surface area contributed by atoms with Crippen molar-refractivity contribution in [1.29, 1.82) is 0 Å². The molecule has 7 nitrogen and oxygen atoms in total. The molecule has 0 aliphatic rings. The first-order chi connectivity index (χ1) is 12.0. The van der Waals surface area contributed by atoms with Crippen molar-refractivity contribution in [1.82, 2.24) is 25.7 Å². The molecular weight excluding hydrogens is 318 g/mol. The third-order valence-electron chi connectivity index (χ3n) is 3.87. The number of hydrogen-bond acceptors (Lipinski definition) is 3. The van der Waals surface area contributed by atoms with Crippen LogP contribution in [0.15, 0.2) is 42.7 Å². The van der Waals surface area contributed by atoms with Gasteiger partial charge in [0.1, 0.15) is 6.04 Å². The number of carbonyl (C=O) groups is 2. The molecule has 1 aromatic heterocycles. The van der Waals surface area contributed by atoms with Gasteiger partial charge in [0.2, 0.25) is 5.91 Å². The van der Waals surface area contributed by atoms with Crippen LogP contribution in [0.2, 0.25) is 0 Å². The minimum atomic E-state index is -0.593. The van der Waals surface area contributed by atoms with Crippen LogP contribution in [-0.2, 0) is 11.3 Å². The van der Waals surface area contributed by atoms with Gasteiger partial charge in [-0.15, -0.1) is 0 Å². The number of hydrogen-bond donors (Lipinski definition) is 3. The van der Waals surface area contributed by atoms with Crippen LogP contribution in [0.25, 0.3) is 5.69 Å². The van der Waals surface area contributed by atoms with E-state index in [9.17, 15) is 9.59 Å². The predicted octanol–water partition coefficient (Wildman–Crippen LogP) is 1.97. The molecule has 3 N–H and O–H groups in total. The molecule has 0 fully saturated rings. The normalized spacial score (nSPS) is 12.9. The number of aromatic nitrogens is 2. The summed E-state index contributed by atoms with van der Waals surface area (Å²) in [4.78, 5) is 23.9. The maximum absolute atomic E-state index is 12.0. The fourth-order valence-corrected chi connectivity index (χ4v) is 2.20. The third kappa shape index (κ3) is 5.63. The Morgan fingerprint density at radius 3 is 2.68 bits per heavy atom. The average Bonchev–Trinajstić information content (AvgIpc) is 3.14. The average molecular weight is 343 g/mol. The highest BCUT2D eigenvalue weighted by Gasteiger charge is 2.16. The van der Waals surface area contributed by atoms with Crippen LogP contribution < -0.4 is 16.0 Å². The van der Waals surface area contributed by atoms with Crippen molar-refractivity contribution < 1.29 is 9.59 Å². The quantitative estimate of drug-likeness (QED) is 0.718. The van der Waals surface area contributed by atoms with E-state index in [4.69, 9.17) is 0 Å². The Labute approximate surface area is 147 Å². The smallest absolute Gasteiger partial charge is 0.315 e. The van der Waals surface area contributed by atoms with Gasteiger partial charge in [0, 0.05) is 25.0 Å². The number of urea groups is 1. The van der Waals surface area contributed by atoms with E-state index in [-0.39, 0.29) is 18.0 Å². The van der Waals surface area contributed by atoms with Crippen LogP contribution in [0, 0.1) is 0 Å². The highest BCUT2D eigenvalue weighted by atomic mass is 16.2. The van der Waals surface area contributed by atoms with E-state index in [1.54, 1.807) is 17.8 Å². The first-order valence-electron chi connectivity index (χ1n) is 8.43. The van der Waals surface area contributed by atoms with Crippen LogP contribution in [-0.4, -0.2) is 33.8 Å². The van der Waals surface area contributed by atoms with Gasteiger partial charge in [0.05, 0.1) is 5.69 Å². The van der Waals surface area contributed by atoms with Gasteiger partial charge in [-0.05, 0) is 44.0 Å². The summed E-state index contributed by atoms with van der Waals surface area (Å²) in [7, 11) is 0. The lowest BCUT2D eigenvalue weighted by atomic mass is 10.2. The highest BCUT2D eigenvalue weighted by molar-refractivity contribution is 5.86. The van der Waals surface area contributed by atoms with Gasteiger partial charge in [-0.25, -0.2) is 9.48 Å². The third-order valence-corrected chi connectivity index (χ3v) is 3.87. The molecule has 1 aromatic carbocycles. The number of benzene rings is 1. The molecule has 0 saturated carbocycles. The molecule has 7 heteroatoms. The standard InChI is InChI=1S/C18H25N5O2/c1-4-13(2)21-17(24)14(3)22-18(25)19-12-15-7-5-8-16(11-15)23-10-6-9-20-23/h5-11,13-14H,4,12H2,1-3H3,(H,21,24)(H2,19,22,25)/t13-,14-/m0/s1. The minimum Gasteiger partial charge on any atom is -0.352 e. The molecule has 0 aliphatic heterocycles. The number of carbonyl (C=O) groups excluding carboxylic acids is 2. The Morgan fingerprint density at radius 1 is 1.20 bits per heavy atom. The van der Waals surface area contributed by atoms with Gasteiger partial charge >= 0.3 is 6.03 Å². The lowest BCUT2D eigenvalue weighted by molar-refractivity contribution is -0.123. The SMILES string of the molecule is CC[C@H](C)NC(=O)[C@H](C)NC(=O)NCc1cccc(-n2cccn2)c1. The second-order valence-corrected chi connectivity index (χ2v) is 5.99. The molecule has 0 unspecified atom stereocenters. The minimum absolute atomic E-state index is 0.0878. The maximum atomic E-state index is 12.0. The van der Waals surface area contributed by atoms with Crippen LogP contribution in [0.5, 0.6) is 0 Å². The Bertz CT molecular complexity index is 699. The molecule has 134 valence electrons. The molecular formula is C18H25N5O2. The molecule has 0 aliphatic carbocycles. The van der Waals surface area contributed by atoms with Crippen molar-refractivity contribution in [2.75, 3.05) is 0 Å². The Balaban J connectivity index is 1.84. The number of rotatable bonds is 7. The van der Waals surface area contributed by atoms with Crippen LogP contribution in [0.3, 0.4) is 0 Å². The molecule has 0 spiro atoms. The summed E-state index contributed by atoms with van der Waals surface area (Å²) in [5, 5.41) is 12.4. The summed E-state index contributed by atoms with van der Waals surface area (Å²) < 4.78 is 1.75. The Hall–Kier alpha value is -2.83. The van der Waals surface area contributed by atoms with Gasteiger partial charge in [0.15, 0.2) is 0 Å². The second kappa shape index (κ2) is 8.86. The molecule has 3 amide bonds. The zero-order chi connectivity index (χ0) is 18.2. The fraction of sp³-hybridized carbons (Fsp3) is 0.389. The molecule has 0 bridgehead atoms.